The summed E-state index contributed by atoms with van der Waals surface area (Å²) >= 11 is 0. The van der Waals surface area contributed by atoms with Crippen LogP contribution >= 0.6 is 0 Å². The fourth-order valence-electron chi connectivity index (χ4n) is 4.40. The molecule has 0 saturated heterocycles. The van der Waals surface area contributed by atoms with Crippen LogP contribution in [-0.4, -0.2) is 24.0 Å². The molecule has 2 aromatic carbocycles. The number of hydrogen-bond acceptors (Lipinski definition) is 2. The standard InChI is InChI=1S/C23H26FNO3/c1-15-9-10-16-7-5-6-8-19(16)23(15,24)22(2,3)21(28)25(4)18-13-11-17(12-14-18)20(26)27/h5-8,11-15H,9-10H2,1-4H3,(H,26,27). The lowest BCUT2D eigenvalue weighted by atomic mass is 9.60. The number of carboxylic acids is 1. The first-order valence-corrected chi connectivity index (χ1v) is 9.49. The average molecular weight is 383 g/mol. The third-order valence-electron chi connectivity index (χ3n) is 6.19. The molecule has 2 atom stereocenters. The summed E-state index contributed by atoms with van der Waals surface area (Å²) in [7, 11) is 1.60. The van der Waals surface area contributed by atoms with Crippen LogP contribution in [0.2, 0.25) is 0 Å². The van der Waals surface area contributed by atoms with Gasteiger partial charge in [0.1, 0.15) is 0 Å². The molecule has 0 saturated carbocycles. The van der Waals surface area contributed by atoms with E-state index in [1.807, 2.05) is 25.1 Å². The van der Waals surface area contributed by atoms with Crippen molar-refractivity contribution in [3.63, 3.8) is 0 Å². The number of halogens is 1. The molecular formula is C23H26FNO3. The van der Waals surface area contributed by atoms with Crippen molar-refractivity contribution in [1.82, 2.24) is 0 Å². The van der Waals surface area contributed by atoms with Crippen LogP contribution in [0, 0.1) is 11.3 Å². The van der Waals surface area contributed by atoms with Gasteiger partial charge in [0.15, 0.2) is 5.67 Å². The molecule has 1 amide bonds. The fourth-order valence-corrected chi connectivity index (χ4v) is 4.40. The largest absolute Gasteiger partial charge is 0.478 e. The molecule has 0 aromatic heterocycles. The van der Waals surface area contributed by atoms with Crippen molar-refractivity contribution >= 4 is 17.6 Å². The summed E-state index contributed by atoms with van der Waals surface area (Å²) in [6.45, 7) is 5.19. The van der Waals surface area contributed by atoms with Crippen molar-refractivity contribution in [2.45, 2.75) is 39.3 Å². The Morgan fingerprint density at radius 2 is 1.75 bits per heavy atom. The first-order chi connectivity index (χ1) is 13.1. The molecule has 0 heterocycles. The van der Waals surface area contributed by atoms with Crippen molar-refractivity contribution in [2.75, 3.05) is 11.9 Å². The summed E-state index contributed by atoms with van der Waals surface area (Å²) < 4.78 is 16.7. The molecule has 0 bridgehead atoms. The number of anilines is 1. The number of aryl methyl sites for hydroxylation is 1. The fraction of sp³-hybridized carbons (Fsp3) is 0.391. The van der Waals surface area contributed by atoms with Crippen molar-refractivity contribution in [2.24, 2.45) is 11.3 Å². The van der Waals surface area contributed by atoms with Crippen LogP contribution in [0.4, 0.5) is 10.1 Å². The highest BCUT2D eigenvalue weighted by molar-refractivity contribution is 5.98. The third-order valence-corrected chi connectivity index (χ3v) is 6.19. The Bertz CT molecular complexity index is 906. The number of nitrogens with zero attached hydrogens (tertiary/aromatic N) is 1. The lowest BCUT2D eigenvalue weighted by Crippen LogP contribution is -2.54. The Balaban J connectivity index is 1.99. The predicted octanol–water partition coefficient (Wildman–Crippen LogP) is 4.82. The van der Waals surface area contributed by atoms with Gasteiger partial charge in [-0.2, -0.15) is 0 Å². The maximum atomic E-state index is 16.7. The van der Waals surface area contributed by atoms with Crippen LogP contribution < -0.4 is 4.90 Å². The minimum absolute atomic E-state index is 0.139. The Labute approximate surface area is 165 Å². The summed E-state index contributed by atoms with van der Waals surface area (Å²) in [5, 5.41) is 9.05. The Hall–Kier alpha value is -2.69. The topological polar surface area (TPSA) is 57.6 Å². The molecule has 0 spiro atoms. The van der Waals surface area contributed by atoms with Gasteiger partial charge in [-0.15, -0.1) is 0 Å². The highest BCUT2D eigenvalue weighted by Gasteiger charge is 2.57. The summed E-state index contributed by atoms with van der Waals surface area (Å²) in [5.74, 6) is -1.68. The zero-order chi connectivity index (χ0) is 20.7. The normalized spacial score (nSPS) is 21.7. The molecule has 5 heteroatoms. The van der Waals surface area contributed by atoms with E-state index in [0.29, 0.717) is 17.7 Å². The van der Waals surface area contributed by atoms with Crippen LogP contribution in [0.25, 0.3) is 0 Å². The van der Waals surface area contributed by atoms with E-state index < -0.39 is 17.1 Å². The highest BCUT2D eigenvalue weighted by Crippen LogP contribution is 2.54. The second-order valence-corrected chi connectivity index (χ2v) is 8.15. The highest BCUT2D eigenvalue weighted by atomic mass is 19.1. The average Bonchev–Trinajstić information content (AvgIpc) is 2.69. The van der Waals surface area contributed by atoms with Gasteiger partial charge in [0.25, 0.3) is 0 Å². The smallest absolute Gasteiger partial charge is 0.335 e. The zero-order valence-electron chi connectivity index (χ0n) is 16.7. The molecule has 4 nitrogen and oxygen atoms in total. The van der Waals surface area contributed by atoms with Gasteiger partial charge in [0, 0.05) is 12.7 Å². The molecule has 28 heavy (non-hydrogen) atoms. The van der Waals surface area contributed by atoms with Crippen LogP contribution in [0.3, 0.4) is 0 Å². The second kappa shape index (κ2) is 7.04. The second-order valence-electron chi connectivity index (χ2n) is 8.15. The number of aromatic carboxylic acids is 1. The number of amides is 1. The van der Waals surface area contributed by atoms with E-state index >= 15 is 4.39 Å². The molecule has 2 unspecified atom stereocenters. The first-order valence-electron chi connectivity index (χ1n) is 9.49. The number of alkyl halides is 1. The van der Waals surface area contributed by atoms with Gasteiger partial charge in [-0.3, -0.25) is 4.79 Å². The molecule has 0 aliphatic heterocycles. The number of hydrogen-bond donors (Lipinski definition) is 1. The maximum Gasteiger partial charge on any atom is 0.335 e. The van der Waals surface area contributed by atoms with Gasteiger partial charge < -0.3 is 10.0 Å². The van der Waals surface area contributed by atoms with E-state index in [4.69, 9.17) is 5.11 Å². The van der Waals surface area contributed by atoms with Gasteiger partial charge in [0.2, 0.25) is 5.91 Å². The van der Waals surface area contributed by atoms with Crippen molar-refractivity contribution in [3.8, 4) is 0 Å². The number of carboxylic acid groups (broad SMARTS) is 1. The minimum atomic E-state index is -1.80. The van der Waals surface area contributed by atoms with Gasteiger partial charge in [0.05, 0.1) is 11.0 Å². The van der Waals surface area contributed by atoms with E-state index in [2.05, 4.69) is 0 Å². The number of rotatable bonds is 4. The molecule has 2 aromatic rings. The van der Waals surface area contributed by atoms with E-state index in [-0.39, 0.29) is 17.4 Å². The quantitative estimate of drug-likeness (QED) is 0.823. The SMILES string of the molecule is CC1CCc2ccccc2C1(F)C(C)(C)C(=O)N(C)c1ccc(C(=O)O)cc1. The molecule has 3 rings (SSSR count). The van der Waals surface area contributed by atoms with E-state index in [9.17, 15) is 9.59 Å². The van der Waals surface area contributed by atoms with Crippen molar-refractivity contribution in [3.05, 3.63) is 65.2 Å². The first kappa shape index (κ1) is 20.1. The molecule has 148 valence electrons. The molecule has 0 radical (unpaired) electrons. The molecule has 1 aliphatic carbocycles. The van der Waals surface area contributed by atoms with Crippen LogP contribution in [-0.2, 0) is 16.9 Å². The molecule has 1 N–H and O–H groups in total. The lowest BCUT2D eigenvalue weighted by molar-refractivity contribution is -0.141. The Kier molecular flexibility index (Phi) is 5.04. The van der Waals surface area contributed by atoms with Crippen molar-refractivity contribution < 1.29 is 19.1 Å². The predicted molar refractivity (Wildman–Crippen MR) is 107 cm³/mol. The molecule has 0 fully saturated rings. The maximum absolute atomic E-state index is 16.7. The summed E-state index contributed by atoms with van der Waals surface area (Å²) in [4.78, 5) is 25.9. The Morgan fingerprint density at radius 3 is 2.36 bits per heavy atom. The summed E-state index contributed by atoms with van der Waals surface area (Å²) in [5.41, 5.74) is -0.875. The van der Waals surface area contributed by atoms with Crippen LogP contribution in [0.15, 0.2) is 48.5 Å². The van der Waals surface area contributed by atoms with E-state index in [1.54, 1.807) is 39.1 Å². The minimum Gasteiger partial charge on any atom is -0.478 e. The molecular weight excluding hydrogens is 357 g/mol. The van der Waals surface area contributed by atoms with Gasteiger partial charge in [-0.1, -0.05) is 31.2 Å². The van der Waals surface area contributed by atoms with Crippen molar-refractivity contribution in [1.29, 1.82) is 0 Å². The summed E-state index contributed by atoms with van der Waals surface area (Å²) in [6, 6.07) is 13.5. The third kappa shape index (κ3) is 2.99. The number of carbonyl (C=O) groups is 2. The van der Waals surface area contributed by atoms with Gasteiger partial charge in [-0.25, -0.2) is 9.18 Å². The van der Waals surface area contributed by atoms with Crippen LogP contribution in [0.5, 0.6) is 0 Å². The molecule has 1 aliphatic rings. The number of fused-ring (bicyclic) bond motifs is 1. The van der Waals surface area contributed by atoms with Crippen LogP contribution in [0.1, 0.15) is 48.7 Å². The van der Waals surface area contributed by atoms with Gasteiger partial charge >= 0.3 is 5.97 Å². The number of benzene rings is 2. The van der Waals surface area contributed by atoms with E-state index in [0.717, 1.165) is 12.0 Å². The monoisotopic (exact) mass is 383 g/mol. The van der Waals surface area contributed by atoms with E-state index in [1.165, 1.54) is 17.0 Å². The van der Waals surface area contributed by atoms with Gasteiger partial charge in [-0.05, 0) is 68.0 Å². The Morgan fingerprint density at radius 1 is 1.14 bits per heavy atom. The number of carbonyl (C=O) groups excluding carboxylic acids is 1. The zero-order valence-corrected chi connectivity index (χ0v) is 16.7. The lowest BCUT2D eigenvalue weighted by Gasteiger charge is -2.48. The summed E-state index contributed by atoms with van der Waals surface area (Å²) in [6.07, 6.45) is 1.49.